The molecule has 0 atom stereocenters. The predicted molar refractivity (Wildman–Crippen MR) is 110 cm³/mol. The first-order valence-electron chi connectivity index (χ1n) is 8.71. The molecular formula is C18H17N5O3S2. The quantitative estimate of drug-likeness (QED) is 0.282. The van der Waals surface area contributed by atoms with Crippen LogP contribution in [-0.2, 0) is 18.6 Å². The zero-order chi connectivity index (χ0) is 19.8. The third kappa shape index (κ3) is 3.40. The lowest BCUT2D eigenvalue weighted by atomic mass is 9.97. The van der Waals surface area contributed by atoms with Crippen molar-refractivity contribution >= 4 is 50.7 Å². The van der Waals surface area contributed by atoms with E-state index < -0.39 is 10.8 Å². The number of anilines is 1. The van der Waals surface area contributed by atoms with Gasteiger partial charge in [-0.15, -0.1) is 11.3 Å². The van der Waals surface area contributed by atoms with Gasteiger partial charge in [0.1, 0.15) is 10.6 Å². The summed E-state index contributed by atoms with van der Waals surface area (Å²) in [6.07, 6.45) is 4.39. The SMILES string of the molecule is NC(=O)c1ccc(CSc2nc(N)c3c4c(sc3n2)CCCC4)c([N+](=O)[O-])c1. The van der Waals surface area contributed by atoms with Crippen LogP contribution >= 0.6 is 23.1 Å². The summed E-state index contributed by atoms with van der Waals surface area (Å²) in [5.41, 5.74) is 13.1. The molecule has 28 heavy (non-hydrogen) atoms. The fourth-order valence-corrected chi connectivity index (χ4v) is 5.56. The number of nitrogens with zero attached hydrogens (tertiary/aromatic N) is 3. The van der Waals surface area contributed by atoms with Crippen molar-refractivity contribution in [1.29, 1.82) is 0 Å². The van der Waals surface area contributed by atoms with E-state index >= 15 is 0 Å². The van der Waals surface area contributed by atoms with Gasteiger partial charge in [-0.3, -0.25) is 14.9 Å². The third-order valence-corrected chi connectivity index (χ3v) is 6.83. The number of primary amides is 1. The van der Waals surface area contributed by atoms with E-state index in [9.17, 15) is 14.9 Å². The van der Waals surface area contributed by atoms with Crippen molar-refractivity contribution in [2.45, 2.75) is 36.6 Å². The molecule has 2 aromatic heterocycles. The number of rotatable bonds is 5. The van der Waals surface area contributed by atoms with Crippen LogP contribution in [0.1, 0.15) is 39.2 Å². The summed E-state index contributed by atoms with van der Waals surface area (Å²) in [4.78, 5) is 33.3. The maximum atomic E-state index is 11.3. The van der Waals surface area contributed by atoms with Gasteiger partial charge in [-0.2, -0.15) is 0 Å². The highest BCUT2D eigenvalue weighted by Gasteiger charge is 2.21. The van der Waals surface area contributed by atoms with Crippen LogP contribution in [0.25, 0.3) is 10.2 Å². The number of hydrogen-bond donors (Lipinski definition) is 2. The van der Waals surface area contributed by atoms with Gasteiger partial charge in [0, 0.05) is 27.8 Å². The summed E-state index contributed by atoms with van der Waals surface area (Å²) < 4.78 is 0. The Kier molecular flexibility index (Phi) is 4.90. The van der Waals surface area contributed by atoms with Gasteiger partial charge in [0.15, 0.2) is 5.16 Å². The van der Waals surface area contributed by atoms with Gasteiger partial charge in [-0.05, 0) is 37.3 Å². The minimum absolute atomic E-state index is 0.103. The van der Waals surface area contributed by atoms with Gasteiger partial charge in [-0.1, -0.05) is 17.8 Å². The van der Waals surface area contributed by atoms with Crippen LogP contribution in [0.3, 0.4) is 0 Å². The van der Waals surface area contributed by atoms with Crippen molar-refractivity contribution in [3.8, 4) is 0 Å². The molecule has 0 fully saturated rings. The largest absolute Gasteiger partial charge is 0.383 e. The molecule has 0 bridgehead atoms. The number of nitrogen functional groups attached to an aromatic ring is 1. The summed E-state index contributed by atoms with van der Waals surface area (Å²) in [6, 6.07) is 4.22. The molecule has 1 aromatic carbocycles. The highest BCUT2D eigenvalue weighted by Crippen LogP contribution is 2.39. The lowest BCUT2D eigenvalue weighted by molar-refractivity contribution is -0.385. The molecule has 4 rings (SSSR count). The van der Waals surface area contributed by atoms with E-state index in [1.807, 2.05) is 0 Å². The lowest BCUT2D eigenvalue weighted by Gasteiger charge is -2.10. The number of benzene rings is 1. The number of nitrogens with two attached hydrogens (primary N) is 2. The summed E-state index contributed by atoms with van der Waals surface area (Å²) in [6.45, 7) is 0. The summed E-state index contributed by atoms with van der Waals surface area (Å²) in [5.74, 6) is 0.0433. The fourth-order valence-electron chi connectivity index (χ4n) is 3.38. The van der Waals surface area contributed by atoms with E-state index in [-0.39, 0.29) is 17.0 Å². The Hall–Kier alpha value is -2.72. The van der Waals surface area contributed by atoms with Gasteiger partial charge in [0.05, 0.1) is 10.3 Å². The van der Waals surface area contributed by atoms with E-state index in [4.69, 9.17) is 11.5 Å². The molecule has 0 aliphatic heterocycles. The van der Waals surface area contributed by atoms with Gasteiger partial charge >= 0.3 is 0 Å². The Bertz CT molecular complexity index is 1110. The van der Waals surface area contributed by atoms with Crippen molar-refractivity contribution in [2.24, 2.45) is 5.73 Å². The highest BCUT2D eigenvalue weighted by atomic mass is 32.2. The number of aryl methyl sites for hydroxylation is 2. The Morgan fingerprint density at radius 1 is 1.29 bits per heavy atom. The molecule has 1 aliphatic rings. The smallest absolute Gasteiger partial charge is 0.274 e. The van der Waals surface area contributed by atoms with Gasteiger partial charge in [0.2, 0.25) is 5.91 Å². The monoisotopic (exact) mass is 415 g/mol. The van der Waals surface area contributed by atoms with Crippen LogP contribution in [-0.4, -0.2) is 20.8 Å². The van der Waals surface area contributed by atoms with E-state index in [0.29, 0.717) is 16.5 Å². The Balaban J connectivity index is 1.63. The molecule has 0 radical (unpaired) electrons. The standard InChI is InChI=1S/C18H17N5O3S2/c19-15-14-11-3-1-2-4-13(11)28-17(14)22-18(21-15)27-8-10-6-5-9(16(20)24)7-12(10)23(25)26/h5-7H,1-4,8H2,(H2,20,24)(H2,19,21,22). The fraction of sp³-hybridized carbons (Fsp3) is 0.278. The van der Waals surface area contributed by atoms with Crippen LogP contribution < -0.4 is 11.5 Å². The van der Waals surface area contributed by atoms with Crippen LogP contribution in [0.4, 0.5) is 11.5 Å². The molecule has 144 valence electrons. The average molecular weight is 416 g/mol. The topological polar surface area (TPSA) is 138 Å². The summed E-state index contributed by atoms with van der Waals surface area (Å²) in [7, 11) is 0. The number of thioether (sulfide) groups is 1. The number of amides is 1. The second-order valence-electron chi connectivity index (χ2n) is 6.54. The molecule has 0 unspecified atom stereocenters. The predicted octanol–water partition coefficient (Wildman–Crippen LogP) is 3.45. The summed E-state index contributed by atoms with van der Waals surface area (Å²) >= 11 is 2.94. The molecule has 0 saturated heterocycles. The number of carbonyl (C=O) groups excluding carboxylic acids is 1. The first-order valence-corrected chi connectivity index (χ1v) is 10.5. The Morgan fingerprint density at radius 2 is 2.07 bits per heavy atom. The zero-order valence-electron chi connectivity index (χ0n) is 14.8. The lowest BCUT2D eigenvalue weighted by Crippen LogP contribution is -2.11. The molecule has 2 heterocycles. The number of fused-ring (bicyclic) bond motifs is 3. The molecule has 1 amide bonds. The molecule has 0 spiro atoms. The van der Waals surface area contributed by atoms with E-state index in [0.717, 1.165) is 29.5 Å². The molecule has 10 heteroatoms. The van der Waals surface area contributed by atoms with E-state index in [1.165, 1.54) is 46.8 Å². The number of hydrogen-bond acceptors (Lipinski definition) is 8. The second-order valence-corrected chi connectivity index (χ2v) is 8.56. The zero-order valence-corrected chi connectivity index (χ0v) is 16.4. The maximum Gasteiger partial charge on any atom is 0.274 e. The van der Waals surface area contributed by atoms with Crippen LogP contribution in [0.15, 0.2) is 23.4 Å². The third-order valence-electron chi connectivity index (χ3n) is 4.75. The van der Waals surface area contributed by atoms with Crippen LogP contribution in [0.2, 0.25) is 0 Å². The van der Waals surface area contributed by atoms with Gasteiger partial charge < -0.3 is 11.5 Å². The van der Waals surface area contributed by atoms with Crippen molar-refractivity contribution < 1.29 is 9.72 Å². The molecule has 4 N–H and O–H groups in total. The molecule has 8 nitrogen and oxygen atoms in total. The Morgan fingerprint density at radius 3 is 2.82 bits per heavy atom. The normalized spacial score (nSPS) is 13.4. The molecular weight excluding hydrogens is 398 g/mol. The molecule has 0 saturated carbocycles. The first-order chi connectivity index (χ1) is 13.4. The van der Waals surface area contributed by atoms with E-state index in [1.54, 1.807) is 11.3 Å². The highest BCUT2D eigenvalue weighted by molar-refractivity contribution is 7.98. The number of aromatic nitrogens is 2. The number of nitro groups is 1. The van der Waals surface area contributed by atoms with Gasteiger partial charge in [0.25, 0.3) is 5.69 Å². The van der Waals surface area contributed by atoms with Crippen molar-refractivity contribution in [1.82, 2.24) is 9.97 Å². The number of carbonyl (C=O) groups is 1. The van der Waals surface area contributed by atoms with Crippen LogP contribution in [0, 0.1) is 10.1 Å². The van der Waals surface area contributed by atoms with Gasteiger partial charge in [-0.25, -0.2) is 9.97 Å². The molecule has 3 aromatic rings. The average Bonchev–Trinajstić information content (AvgIpc) is 3.04. The first kappa shape index (κ1) is 18.6. The maximum absolute atomic E-state index is 11.3. The van der Waals surface area contributed by atoms with Crippen molar-refractivity contribution in [2.75, 3.05) is 5.73 Å². The summed E-state index contributed by atoms with van der Waals surface area (Å²) in [5, 5.41) is 12.8. The number of thiophene rings is 1. The van der Waals surface area contributed by atoms with Crippen LogP contribution in [0.5, 0.6) is 0 Å². The van der Waals surface area contributed by atoms with Crippen molar-refractivity contribution in [3.63, 3.8) is 0 Å². The van der Waals surface area contributed by atoms with Crippen molar-refractivity contribution in [3.05, 3.63) is 49.9 Å². The minimum Gasteiger partial charge on any atom is -0.383 e. The van der Waals surface area contributed by atoms with E-state index in [2.05, 4.69) is 9.97 Å². The number of nitro benzene ring substituents is 1. The minimum atomic E-state index is -0.703. The molecule has 1 aliphatic carbocycles. The Labute approximate surface area is 168 Å². The second kappa shape index (κ2) is 7.36.